The molecule has 0 unspecified atom stereocenters. The van der Waals surface area contributed by atoms with Gasteiger partial charge in [-0.1, -0.05) is 432 Å². The van der Waals surface area contributed by atoms with Gasteiger partial charge in [-0.2, -0.15) is 0 Å². The highest BCUT2D eigenvalue weighted by atomic mass is 32.1. The Morgan fingerprint density at radius 1 is 0.180 bits per heavy atom. The average Bonchev–Trinajstić information content (AvgIpc) is 1.56. The molecule has 0 aliphatic heterocycles. The molecule has 4 aliphatic carbocycles. The van der Waals surface area contributed by atoms with E-state index in [4.69, 9.17) is 9.97 Å². The van der Waals surface area contributed by atoms with Crippen LogP contribution in [0, 0.1) is 0 Å². The number of fused-ring (bicyclic) bond motifs is 25. The molecule has 0 saturated heterocycles. The van der Waals surface area contributed by atoms with E-state index in [2.05, 4.69) is 533 Å². The molecule has 31 rings (SSSR count). The predicted octanol–water partition coefficient (Wildman–Crippen LogP) is 41.3. The lowest BCUT2D eigenvalue weighted by Gasteiger charge is -2.28. The summed E-state index contributed by atoms with van der Waals surface area (Å²) < 4.78 is 4.01. The monoisotopic (exact) mass is 1960 g/mol. The zero-order valence-electron chi connectivity index (χ0n) is 82.2. The first-order chi connectivity index (χ1) is 74.2. The van der Waals surface area contributed by atoms with Crippen LogP contribution in [0.15, 0.2) is 522 Å². The molecule has 0 radical (unpaired) electrons. The van der Waals surface area contributed by atoms with E-state index in [1.54, 1.807) is 0 Å². The van der Waals surface area contributed by atoms with Gasteiger partial charge < -0.3 is 9.80 Å². The largest absolute Gasteiger partial charge is 0.311 e. The van der Waals surface area contributed by atoms with Gasteiger partial charge in [0.2, 0.25) is 0 Å². The van der Waals surface area contributed by atoms with Crippen LogP contribution in [0.3, 0.4) is 0 Å². The van der Waals surface area contributed by atoms with E-state index >= 15 is 0 Å². The molecule has 4 nitrogen and oxygen atoms in total. The summed E-state index contributed by atoms with van der Waals surface area (Å²) in [7, 11) is 0. The number of rotatable bonds is 12. The maximum atomic E-state index is 5.36. The number of anilines is 6. The lowest BCUT2D eigenvalue weighted by Crippen LogP contribution is -2.16. The van der Waals surface area contributed by atoms with Gasteiger partial charge in [-0.25, -0.2) is 9.97 Å². The maximum Gasteiger partial charge on any atom is 0.108 e. The fourth-order valence-electron chi connectivity index (χ4n) is 24.1. The molecule has 4 aliphatic rings. The highest BCUT2D eigenvalue weighted by Gasteiger charge is 2.38. The second-order valence-corrected chi connectivity index (χ2v) is 42.9. The molecule has 7 heteroatoms. The van der Waals surface area contributed by atoms with Crippen LogP contribution >= 0.6 is 34.0 Å². The van der Waals surface area contributed by atoms with Crippen molar-refractivity contribution in [2.45, 2.75) is 19.3 Å². The summed E-state index contributed by atoms with van der Waals surface area (Å²) >= 11 is 5.71. The summed E-state index contributed by atoms with van der Waals surface area (Å²) in [6.07, 6.45) is 0. The van der Waals surface area contributed by atoms with Crippen molar-refractivity contribution in [1.82, 2.24) is 9.97 Å². The lowest BCUT2D eigenvalue weighted by molar-refractivity contribution is 0.660. The SMILES string of the molecule is CC1(C)c2ccccc2-c2ccc(N(c3ccccc3)c3ccc(-c4ccc(-c5sc6c7c(cc8ccccc86)-c6ccccc6-c6ccccc6-c57)cc4)cc3)cc21.c1ccc(-c2nc3ccccc3nc2-c2sc3c4c(cc5ccccc53)-c3ccccc3-c3ccccc3-c24)cc1.c1ccc(N(c2ccccc2)c2ccc(-c3ccc(-c4sc5c6c(cc7ccccc75)-c5ccccc5-c5ccccc5-c46)cc3)cc2)cc1. The number of hydrogen-bond donors (Lipinski definition) is 0. The van der Waals surface area contributed by atoms with Crippen molar-refractivity contribution in [2.75, 3.05) is 9.80 Å². The third-order valence-corrected chi connectivity index (χ3v) is 34.8. The minimum absolute atomic E-state index is 0.0719. The summed E-state index contributed by atoms with van der Waals surface area (Å²) in [6.45, 7) is 4.70. The summed E-state index contributed by atoms with van der Waals surface area (Å²) in [5, 5.41) is 11.8. The van der Waals surface area contributed by atoms with Crippen LogP contribution in [0.1, 0.15) is 25.0 Å². The van der Waals surface area contributed by atoms with Crippen LogP contribution < -0.4 is 9.80 Å². The Morgan fingerprint density at radius 3 is 0.827 bits per heavy atom. The van der Waals surface area contributed by atoms with Crippen LogP contribution in [-0.4, -0.2) is 9.97 Å². The Kier molecular flexibility index (Phi) is 21.2. The van der Waals surface area contributed by atoms with Crippen molar-refractivity contribution >= 4 is 142 Å². The summed E-state index contributed by atoms with van der Waals surface area (Å²) in [6, 6.07) is 190. The van der Waals surface area contributed by atoms with Crippen molar-refractivity contribution in [2.24, 2.45) is 0 Å². The number of para-hydroxylation sites is 5. The topological polar surface area (TPSA) is 32.3 Å². The van der Waals surface area contributed by atoms with Crippen LogP contribution in [0.2, 0.25) is 0 Å². The van der Waals surface area contributed by atoms with Gasteiger partial charge in [0.05, 0.1) is 21.6 Å². The Balaban J connectivity index is 0.000000107. The van der Waals surface area contributed by atoms with E-state index in [9.17, 15) is 0 Å². The number of aromatic nitrogens is 2. The van der Waals surface area contributed by atoms with Gasteiger partial charge in [-0.15, -0.1) is 34.0 Å². The van der Waals surface area contributed by atoms with E-state index in [0.717, 1.165) is 67.0 Å². The fourth-order valence-corrected chi connectivity index (χ4v) is 28.2. The standard InChI is InChI=1S/C57H39NS.C48H31NS.C38H22N2S/c1-57(2)51-23-13-12-21-47(51)48-33-32-42(35-52(48)57)58(40-15-4-3-5-16-40)41-30-28-37(29-31-41)36-24-26-38(27-25-36)55-53-49-22-11-10-19-45(49)44-18-8-9-20-46(44)50-34-39-14-6-7-17-43(39)56(59-55)54(50)53;1-3-14-36(15-4-1)49(37-16-5-2-6-17-37)38-29-27-33(28-30-38)32-23-25-34(26-24-32)47-45-43-22-12-11-20-41(43)40-19-9-10-21-42(40)44-31-35-13-7-8-18-39(35)48(50-47)46(44)45;1-2-12-23(13-3-1)35-36(40-32-21-11-10-20-31(32)39-35)38-33-29-19-9-8-17-27(29)26-16-6-7-18-28(26)30-22-24-14-4-5-15-25(24)37(41-38)34(30)33/h3-35H,1-2H3;1-31H;1-22H. The van der Waals surface area contributed by atoms with E-state index in [1.165, 1.54) is 228 Å². The van der Waals surface area contributed by atoms with Crippen molar-refractivity contribution in [3.05, 3.63) is 533 Å². The van der Waals surface area contributed by atoms with Crippen LogP contribution in [-0.2, 0) is 5.41 Å². The third kappa shape index (κ3) is 14.6. The molecule has 0 saturated carbocycles. The lowest BCUT2D eigenvalue weighted by atomic mass is 9.82. The number of benzene rings is 23. The molecule has 4 aromatic heterocycles. The molecule has 4 heterocycles. The minimum atomic E-state index is -0.0719. The first-order valence-electron chi connectivity index (χ1n) is 51.5. The second-order valence-electron chi connectivity index (χ2n) is 39.8. The molecular weight excluding hydrogens is 1870 g/mol. The van der Waals surface area contributed by atoms with Crippen LogP contribution in [0.4, 0.5) is 34.1 Å². The Labute approximate surface area is 882 Å². The van der Waals surface area contributed by atoms with Crippen LogP contribution in [0.25, 0.3) is 250 Å². The van der Waals surface area contributed by atoms with Gasteiger partial charge in [0, 0.05) is 102 Å². The van der Waals surface area contributed by atoms with Crippen molar-refractivity contribution in [1.29, 1.82) is 0 Å². The summed E-state index contributed by atoms with van der Waals surface area (Å²) in [5.41, 5.74) is 47.5. The maximum absolute atomic E-state index is 5.36. The van der Waals surface area contributed by atoms with Gasteiger partial charge in [-0.3, -0.25) is 0 Å². The first-order valence-corrected chi connectivity index (χ1v) is 53.9. The summed E-state index contributed by atoms with van der Waals surface area (Å²) in [5.74, 6) is 0. The number of thiophene rings is 3. The highest BCUT2D eigenvalue weighted by Crippen LogP contribution is 2.62. The smallest absolute Gasteiger partial charge is 0.108 e. The molecule has 0 amide bonds. The molecule has 23 aromatic carbocycles. The molecule has 0 spiro atoms. The Bertz CT molecular complexity index is 10000. The fraction of sp³-hybridized carbons (Fsp3) is 0.0210. The zero-order valence-corrected chi connectivity index (χ0v) is 84.6. The second kappa shape index (κ2) is 36.1. The normalized spacial score (nSPS) is 12.3. The van der Waals surface area contributed by atoms with Gasteiger partial charge in [-0.05, 0) is 275 Å². The zero-order chi connectivity index (χ0) is 99.2. The highest BCUT2D eigenvalue weighted by molar-refractivity contribution is 7.25. The van der Waals surface area contributed by atoms with E-state index < -0.39 is 0 Å². The van der Waals surface area contributed by atoms with Crippen molar-refractivity contribution in [3.8, 4) is 176 Å². The average molecular weight is 1960 g/mol. The molecule has 0 N–H and O–H groups in total. The van der Waals surface area contributed by atoms with Crippen molar-refractivity contribution in [3.63, 3.8) is 0 Å². The van der Waals surface area contributed by atoms with E-state index in [1.807, 2.05) is 46.1 Å². The van der Waals surface area contributed by atoms with E-state index in [0.29, 0.717) is 0 Å². The molecule has 27 aromatic rings. The number of nitrogens with zero attached hydrogens (tertiary/aromatic N) is 4. The first kappa shape index (κ1) is 88.2. The van der Waals surface area contributed by atoms with Gasteiger partial charge in [0.25, 0.3) is 0 Å². The van der Waals surface area contributed by atoms with Gasteiger partial charge in [0.15, 0.2) is 0 Å². The summed E-state index contributed by atoms with van der Waals surface area (Å²) in [4.78, 5) is 19.1. The predicted molar refractivity (Wildman–Crippen MR) is 640 cm³/mol. The third-order valence-electron chi connectivity index (χ3n) is 31.1. The van der Waals surface area contributed by atoms with Gasteiger partial charge >= 0.3 is 0 Å². The van der Waals surface area contributed by atoms with Crippen LogP contribution in [0.5, 0.6) is 0 Å². The molecular formula is C143H92N4S3. The molecule has 0 fully saturated rings. The molecule has 0 atom stereocenters. The molecule has 150 heavy (non-hydrogen) atoms. The van der Waals surface area contributed by atoms with Crippen molar-refractivity contribution < 1.29 is 0 Å². The van der Waals surface area contributed by atoms with E-state index in [-0.39, 0.29) is 5.41 Å². The number of hydrogen-bond acceptors (Lipinski definition) is 7. The quantitative estimate of drug-likeness (QED) is 0.122. The minimum Gasteiger partial charge on any atom is -0.311 e. The molecule has 0 bridgehead atoms. The van der Waals surface area contributed by atoms with Gasteiger partial charge in [0.1, 0.15) is 5.69 Å². The molecule has 702 valence electrons. The Hall–Kier alpha value is -18.3. The Morgan fingerprint density at radius 2 is 0.440 bits per heavy atom.